The number of fused-ring (bicyclic) bond motifs is 1. The first-order valence-corrected chi connectivity index (χ1v) is 9.81. The SMILES string of the molecule is CCCCCN1CCc2nc(N(C)C)nc(N3CCC(O)CC3)c2C1. The minimum Gasteiger partial charge on any atom is -0.393 e. The molecule has 0 amide bonds. The van der Waals surface area contributed by atoms with Crippen LogP contribution in [0.15, 0.2) is 0 Å². The molecule has 1 aromatic heterocycles. The fourth-order valence-electron chi connectivity index (χ4n) is 3.76. The van der Waals surface area contributed by atoms with Crippen molar-refractivity contribution in [2.24, 2.45) is 0 Å². The molecule has 6 heteroatoms. The highest BCUT2D eigenvalue weighted by Gasteiger charge is 2.27. The van der Waals surface area contributed by atoms with Crippen LogP contribution in [0.1, 0.15) is 50.3 Å². The van der Waals surface area contributed by atoms with E-state index in [0.717, 1.165) is 57.2 Å². The highest BCUT2D eigenvalue weighted by molar-refractivity contribution is 5.54. The van der Waals surface area contributed by atoms with E-state index in [2.05, 4.69) is 16.7 Å². The quantitative estimate of drug-likeness (QED) is 0.795. The summed E-state index contributed by atoms with van der Waals surface area (Å²) in [5.74, 6) is 1.90. The van der Waals surface area contributed by atoms with Crippen LogP contribution in [-0.4, -0.2) is 66.4 Å². The van der Waals surface area contributed by atoms with E-state index in [1.807, 2.05) is 19.0 Å². The van der Waals surface area contributed by atoms with E-state index in [1.54, 1.807) is 0 Å². The number of anilines is 2. The minimum atomic E-state index is -0.159. The number of aliphatic hydroxyl groups excluding tert-OH is 1. The lowest BCUT2D eigenvalue weighted by Gasteiger charge is -2.36. The molecule has 140 valence electrons. The van der Waals surface area contributed by atoms with E-state index >= 15 is 0 Å². The van der Waals surface area contributed by atoms with Gasteiger partial charge in [-0.15, -0.1) is 0 Å². The number of unbranched alkanes of at least 4 members (excludes halogenated alkanes) is 2. The van der Waals surface area contributed by atoms with Crippen molar-refractivity contribution in [2.45, 2.75) is 58.1 Å². The Labute approximate surface area is 151 Å². The van der Waals surface area contributed by atoms with Crippen molar-refractivity contribution >= 4 is 11.8 Å². The topological polar surface area (TPSA) is 55.7 Å². The molecule has 0 saturated carbocycles. The molecule has 0 aliphatic carbocycles. The average Bonchev–Trinajstić information content (AvgIpc) is 2.61. The van der Waals surface area contributed by atoms with Gasteiger partial charge < -0.3 is 14.9 Å². The number of hydrogen-bond donors (Lipinski definition) is 1. The molecule has 0 unspecified atom stereocenters. The molecule has 0 atom stereocenters. The summed E-state index contributed by atoms with van der Waals surface area (Å²) in [5.41, 5.74) is 2.52. The zero-order valence-corrected chi connectivity index (χ0v) is 16.0. The number of nitrogens with zero attached hydrogens (tertiary/aromatic N) is 5. The Morgan fingerprint density at radius 2 is 1.88 bits per heavy atom. The van der Waals surface area contributed by atoms with Crippen molar-refractivity contribution in [2.75, 3.05) is 50.1 Å². The highest BCUT2D eigenvalue weighted by atomic mass is 16.3. The molecule has 1 saturated heterocycles. The summed E-state index contributed by atoms with van der Waals surface area (Å²) in [4.78, 5) is 16.6. The van der Waals surface area contributed by atoms with E-state index in [1.165, 1.54) is 37.1 Å². The second-order valence-corrected chi connectivity index (χ2v) is 7.62. The third-order valence-corrected chi connectivity index (χ3v) is 5.35. The molecule has 1 aromatic rings. The third-order valence-electron chi connectivity index (χ3n) is 5.35. The van der Waals surface area contributed by atoms with Crippen LogP contribution in [0.25, 0.3) is 0 Å². The molecular weight excluding hydrogens is 314 g/mol. The molecule has 3 rings (SSSR count). The van der Waals surface area contributed by atoms with Crippen LogP contribution in [0.2, 0.25) is 0 Å². The standard InChI is InChI=1S/C19H33N5O/c1-4-5-6-10-23-11-9-17-16(14-23)18(21-19(20-17)22(2)3)24-12-7-15(25)8-13-24/h15,25H,4-14H2,1-3H3. The molecule has 1 N–H and O–H groups in total. The molecule has 0 bridgehead atoms. The van der Waals surface area contributed by atoms with Gasteiger partial charge in [0.2, 0.25) is 5.95 Å². The van der Waals surface area contributed by atoms with E-state index in [-0.39, 0.29) is 6.10 Å². The minimum absolute atomic E-state index is 0.159. The summed E-state index contributed by atoms with van der Waals surface area (Å²) in [6.45, 7) is 7.24. The Morgan fingerprint density at radius 3 is 2.56 bits per heavy atom. The van der Waals surface area contributed by atoms with Crippen molar-refractivity contribution in [3.8, 4) is 0 Å². The maximum absolute atomic E-state index is 9.84. The van der Waals surface area contributed by atoms with E-state index < -0.39 is 0 Å². The normalized spacial score (nSPS) is 19.1. The summed E-state index contributed by atoms with van der Waals surface area (Å²) >= 11 is 0. The number of piperidine rings is 1. The van der Waals surface area contributed by atoms with Crippen LogP contribution >= 0.6 is 0 Å². The number of rotatable bonds is 6. The zero-order valence-electron chi connectivity index (χ0n) is 16.0. The predicted octanol–water partition coefficient (Wildman–Crippen LogP) is 2.05. The number of aliphatic hydroxyl groups is 1. The Balaban J connectivity index is 1.84. The van der Waals surface area contributed by atoms with Crippen molar-refractivity contribution < 1.29 is 5.11 Å². The lowest BCUT2D eigenvalue weighted by Crippen LogP contribution is -2.39. The second kappa shape index (κ2) is 8.32. The lowest BCUT2D eigenvalue weighted by molar-refractivity contribution is 0.145. The smallest absolute Gasteiger partial charge is 0.227 e. The van der Waals surface area contributed by atoms with Crippen LogP contribution < -0.4 is 9.80 Å². The first-order valence-electron chi connectivity index (χ1n) is 9.81. The molecule has 25 heavy (non-hydrogen) atoms. The summed E-state index contributed by atoms with van der Waals surface area (Å²) in [7, 11) is 4.01. The Morgan fingerprint density at radius 1 is 1.12 bits per heavy atom. The van der Waals surface area contributed by atoms with Gasteiger partial charge in [-0.05, 0) is 25.8 Å². The molecule has 0 spiro atoms. The highest BCUT2D eigenvalue weighted by Crippen LogP contribution is 2.30. The van der Waals surface area contributed by atoms with Gasteiger partial charge in [0.15, 0.2) is 0 Å². The van der Waals surface area contributed by atoms with Gasteiger partial charge in [-0.2, -0.15) is 4.98 Å². The molecule has 6 nitrogen and oxygen atoms in total. The summed E-state index contributed by atoms with van der Waals surface area (Å²) in [6, 6.07) is 0. The van der Waals surface area contributed by atoms with Crippen LogP contribution in [0.3, 0.4) is 0 Å². The first kappa shape index (κ1) is 18.4. The van der Waals surface area contributed by atoms with Gasteiger partial charge in [0.1, 0.15) is 5.82 Å². The van der Waals surface area contributed by atoms with E-state index in [0.29, 0.717) is 0 Å². The molecule has 1 fully saturated rings. The molecule has 0 radical (unpaired) electrons. The fourth-order valence-corrected chi connectivity index (χ4v) is 3.76. The number of aromatic nitrogens is 2. The molecule has 2 aliphatic heterocycles. The van der Waals surface area contributed by atoms with Crippen molar-refractivity contribution in [3.05, 3.63) is 11.3 Å². The van der Waals surface area contributed by atoms with Crippen molar-refractivity contribution in [1.82, 2.24) is 14.9 Å². The zero-order chi connectivity index (χ0) is 17.8. The Kier molecular flexibility index (Phi) is 6.12. The van der Waals surface area contributed by atoms with Gasteiger partial charge in [-0.1, -0.05) is 19.8 Å². The maximum Gasteiger partial charge on any atom is 0.227 e. The van der Waals surface area contributed by atoms with E-state index in [4.69, 9.17) is 9.97 Å². The largest absolute Gasteiger partial charge is 0.393 e. The second-order valence-electron chi connectivity index (χ2n) is 7.62. The molecule has 3 heterocycles. The van der Waals surface area contributed by atoms with Crippen molar-refractivity contribution in [1.29, 1.82) is 0 Å². The Hall–Kier alpha value is -1.40. The van der Waals surface area contributed by atoms with Gasteiger partial charge in [0.25, 0.3) is 0 Å². The molecular formula is C19H33N5O. The van der Waals surface area contributed by atoms with Gasteiger partial charge >= 0.3 is 0 Å². The van der Waals surface area contributed by atoms with Gasteiger partial charge in [-0.25, -0.2) is 4.98 Å². The average molecular weight is 348 g/mol. The van der Waals surface area contributed by atoms with Gasteiger partial charge in [-0.3, -0.25) is 4.90 Å². The predicted molar refractivity (Wildman–Crippen MR) is 102 cm³/mol. The lowest BCUT2D eigenvalue weighted by atomic mass is 10.0. The fraction of sp³-hybridized carbons (Fsp3) is 0.789. The molecule has 2 aliphatic rings. The van der Waals surface area contributed by atoms with Gasteiger partial charge in [0.05, 0.1) is 11.8 Å². The Bertz CT molecular complexity index is 569. The van der Waals surface area contributed by atoms with Gasteiger partial charge in [0, 0.05) is 52.3 Å². The summed E-state index contributed by atoms with van der Waals surface area (Å²) in [5, 5.41) is 9.84. The van der Waals surface area contributed by atoms with E-state index in [9.17, 15) is 5.11 Å². The number of hydrogen-bond acceptors (Lipinski definition) is 6. The maximum atomic E-state index is 9.84. The van der Waals surface area contributed by atoms with Crippen LogP contribution in [0.4, 0.5) is 11.8 Å². The first-order chi connectivity index (χ1) is 12.1. The molecule has 0 aromatic carbocycles. The monoisotopic (exact) mass is 347 g/mol. The van der Waals surface area contributed by atoms with Crippen LogP contribution in [-0.2, 0) is 13.0 Å². The third kappa shape index (κ3) is 4.42. The van der Waals surface area contributed by atoms with Crippen LogP contribution in [0, 0.1) is 0 Å². The summed E-state index contributed by atoms with van der Waals surface area (Å²) in [6.07, 6.45) is 6.35. The summed E-state index contributed by atoms with van der Waals surface area (Å²) < 4.78 is 0. The van der Waals surface area contributed by atoms with Crippen LogP contribution in [0.5, 0.6) is 0 Å². The van der Waals surface area contributed by atoms with Crippen molar-refractivity contribution in [3.63, 3.8) is 0 Å².